The van der Waals surface area contributed by atoms with Crippen LogP contribution < -0.4 is 0 Å². The van der Waals surface area contributed by atoms with Gasteiger partial charge in [-0.05, 0) is 26.7 Å². The third-order valence-electron chi connectivity index (χ3n) is 5.80. The van der Waals surface area contributed by atoms with Crippen molar-refractivity contribution >= 4 is 11.8 Å². The van der Waals surface area contributed by atoms with Crippen LogP contribution in [0.2, 0.25) is 0 Å². The van der Waals surface area contributed by atoms with Gasteiger partial charge in [-0.15, -0.1) is 0 Å². The SMILES string of the molecule is Cc1cc(COCC(=O)N2CCN(C(=O)c3cnn(C4CCOCC4)c3)CC2C)no1. The predicted octanol–water partition coefficient (Wildman–Crippen LogP) is 1.42. The first kappa shape index (κ1) is 21.5. The number of hydrogen-bond acceptors (Lipinski definition) is 7. The van der Waals surface area contributed by atoms with Gasteiger partial charge >= 0.3 is 0 Å². The molecule has 168 valence electrons. The minimum absolute atomic E-state index is 0.0257. The Morgan fingerprint density at radius 3 is 2.77 bits per heavy atom. The van der Waals surface area contributed by atoms with Gasteiger partial charge in [-0.2, -0.15) is 5.10 Å². The molecule has 0 aliphatic carbocycles. The summed E-state index contributed by atoms with van der Waals surface area (Å²) in [6.07, 6.45) is 5.29. The molecule has 31 heavy (non-hydrogen) atoms. The highest BCUT2D eigenvalue weighted by molar-refractivity contribution is 5.94. The summed E-state index contributed by atoms with van der Waals surface area (Å²) in [5.74, 6) is 0.569. The fourth-order valence-electron chi connectivity index (χ4n) is 4.10. The van der Waals surface area contributed by atoms with Gasteiger partial charge in [0, 0.05) is 51.2 Å². The highest BCUT2D eigenvalue weighted by Crippen LogP contribution is 2.21. The van der Waals surface area contributed by atoms with Crippen molar-refractivity contribution in [2.24, 2.45) is 0 Å². The molecule has 10 heteroatoms. The van der Waals surface area contributed by atoms with Crippen molar-refractivity contribution in [1.29, 1.82) is 0 Å². The van der Waals surface area contributed by atoms with Crippen LogP contribution >= 0.6 is 0 Å². The minimum Gasteiger partial charge on any atom is -0.381 e. The summed E-state index contributed by atoms with van der Waals surface area (Å²) in [7, 11) is 0. The second kappa shape index (κ2) is 9.61. The maximum absolute atomic E-state index is 13.0. The van der Waals surface area contributed by atoms with Crippen LogP contribution in [0.3, 0.4) is 0 Å². The van der Waals surface area contributed by atoms with Gasteiger partial charge in [0.1, 0.15) is 18.1 Å². The van der Waals surface area contributed by atoms with Crippen molar-refractivity contribution in [3.63, 3.8) is 0 Å². The van der Waals surface area contributed by atoms with Gasteiger partial charge in [0.05, 0.1) is 24.4 Å². The Morgan fingerprint density at radius 1 is 1.26 bits per heavy atom. The van der Waals surface area contributed by atoms with E-state index in [0.717, 1.165) is 26.1 Å². The van der Waals surface area contributed by atoms with E-state index in [-0.39, 0.29) is 37.1 Å². The first-order valence-electron chi connectivity index (χ1n) is 10.7. The van der Waals surface area contributed by atoms with Gasteiger partial charge in [-0.25, -0.2) is 0 Å². The molecule has 0 bridgehead atoms. The molecule has 2 fully saturated rings. The predicted molar refractivity (Wildman–Crippen MR) is 109 cm³/mol. The van der Waals surface area contributed by atoms with Crippen LogP contribution in [0.15, 0.2) is 23.0 Å². The van der Waals surface area contributed by atoms with Crippen molar-refractivity contribution < 1.29 is 23.6 Å². The Labute approximate surface area is 181 Å². The lowest BCUT2D eigenvalue weighted by atomic mass is 10.1. The highest BCUT2D eigenvalue weighted by Gasteiger charge is 2.31. The van der Waals surface area contributed by atoms with Crippen LogP contribution in [0.5, 0.6) is 0 Å². The van der Waals surface area contributed by atoms with E-state index >= 15 is 0 Å². The Bertz CT molecular complexity index is 904. The van der Waals surface area contributed by atoms with Crippen LogP contribution in [0, 0.1) is 6.92 Å². The lowest BCUT2D eigenvalue weighted by Gasteiger charge is -2.39. The number of carbonyl (C=O) groups is 2. The number of amides is 2. The zero-order chi connectivity index (χ0) is 21.8. The third-order valence-corrected chi connectivity index (χ3v) is 5.80. The first-order valence-corrected chi connectivity index (χ1v) is 10.7. The monoisotopic (exact) mass is 431 g/mol. The molecule has 4 heterocycles. The van der Waals surface area contributed by atoms with Gasteiger partial charge in [-0.3, -0.25) is 14.3 Å². The third kappa shape index (κ3) is 5.13. The fourth-order valence-corrected chi connectivity index (χ4v) is 4.10. The van der Waals surface area contributed by atoms with Crippen molar-refractivity contribution in [3.8, 4) is 0 Å². The average Bonchev–Trinajstić information content (AvgIpc) is 3.43. The smallest absolute Gasteiger partial charge is 0.257 e. The fraction of sp³-hybridized carbons (Fsp3) is 0.619. The van der Waals surface area contributed by atoms with Crippen LogP contribution in [0.4, 0.5) is 0 Å². The summed E-state index contributed by atoms with van der Waals surface area (Å²) in [4.78, 5) is 29.1. The van der Waals surface area contributed by atoms with Crippen molar-refractivity contribution in [3.05, 3.63) is 35.5 Å². The molecule has 4 rings (SSSR count). The molecule has 1 unspecified atom stereocenters. The van der Waals surface area contributed by atoms with E-state index in [0.29, 0.717) is 36.7 Å². The van der Waals surface area contributed by atoms with Crippen LogP contribution in [-0.4, -0.2) is 82.0 Å². The Morgan fingerprint density at radius 2 is 2.06 bits per heavy atom. The molecule has 2 aliphatic rings. The van der Waals surface area contributed by atoms with Crippen molar-refractivity contribution in [2.45, 2.75) is 45.4 Å². The molecule has 2 aromatic rings. The molecule has 0 aromatic carbocycles. The summed E-state index contributed by atoms with van der Waals surface area (Å²) >= 11 is 0. The van der Waals surface area contributed by atoms with Crippen molar-refractivity contribution in [2.75, 3.05) is 39.5 Å². The van der Waals surface area contributed by atoms with E-state index in [1.54, 1.807) is 29.0 Å². The zero-order valence-electron chi connectivity index (χ0n) is 18.0. The first-order chi connectivity index (χ1) is 15.0. The molecule has 1 atom stereocenters. The van der Waals surface area contributed by atoms with Gasteiger partial charge in [0.25, 0.3) is 5.91 Å². The molecule has 0 radical (unpaired) electrons. The molecule has 0 spiro atoms. The molecular weight excluding hydrogens is 402 g/mol. The van der Waals surface area contributed by atoms with E-state index in [1.807, 2.05) is 17.8 Å². The number of aromatic nitrogens is 3. The lowest BCUT2D eigenvalue weighted by molar-refractivity contribution is -0.140. The Hall–Kier alpha value is -2.72. The quantitative estimate of drug-likeness (QED) is 0.681. The molecule has 2 amide bonds. The van der Waals surface area contributed by atoms with Crippen LogP contribution in [0.1, 0.15) is 47.6 Å². The number of ether oxygens (including phenoxy) is 2. The van der Waals surface area contributed by atoms with E-state index in [2.05, 4.69) is 10.3 Å². The van der Waals surface area contributed by atoms with E-state index in [1.165, 1.54) is 0 Å². The van der Waals surface area contributed by atoms with Gasteiger partial charge < -0.3 is 23.8 Å². The number of hydrogen-bond donors (Lipinski definition) is 0. The van der Waals surface area contributed by atoms with Crippen LogP contribution in [0.25, 0.3) is 0 Å². The maximum Gasteiger partial charge on any atom is 0.257 e. The molecular formula is C21H29N5O5. The number of rotatable bonds is 6. The van der Waals surface area contributed by atoms with E-state index < -0.39 is 0 Å². The molecule has 2 aromatic heterocycles. The van der Waals surface area contributed by atoms with Gasteiger partial charge in [0.2, 0.25) is 5.91 Å². The van der Waals surface area contributed by atoms with E-state index in [4.69, 9.17) is 14.0 Å². The molecule has 2 saturated heterocycles. The minimum atomic E-state index is -0.0906. The standard InChI is InChI=1S/C21H29N5O5/c1-15-11-24(21(28)17-10-22-26(12-17)19-3-7-29-8-4-19)5-6-25(15)20(27)14-30-13-18-9-16(2)31-23-18/h9-10,12,15,19H,3-8,11,13-14H2,1-2H3. The largest absolute Gasteiger partial charge is 0.381 e. The Balaban J connectivity index is 1.26. The maximum atomic E-state index is 13.0. The number of piperazine rings is 1. The topological polar surface area (TPSA) is 103 Å². The normalized spacial score (nSPS) is 20.3. The summed E-state index contributed by atoms with van der Waals surface area (Å²) in [5, 5.41) is 8.25. The number of carbonyl (C=O) groups excluding carboxylic acids is 2. The number of nitrogens with zero attached hydrogens (tertiary/aromatic N) is 5. The summed E-state index contributed by atoms with van der Waals surface area (Å²) in [5.41, 5.74) is 1.25. The van der Waals surface area contributed by atoms with E-state index in [9.17, 15) is 9.59 Å². The summed E-state index contributed by atoms with van der Waals surface area (Å²) in [6.45, 7) is 6.85. The highest BCUT2D eigenvalue weighted by atomic mass is 16.5. The molecule has 2 aliphatic heterocycles. The van der Waals surface area contributed by atoms with Crippen molar-refractivity contribution in [1.82, 2.24) is 24.7 Å². The zero-order valence-corrected chi connectivity index (χ0v) is 18.0. The number of aryl methyl sites for hydroxylation is 1. The van der Waals surface area contributed by atoms with Gasteiger partial charge in [-0.1, -0.05) is 5.16 Å². The second-order valence-electron chi connectivity index (χ2n) is 8.16. The summed E-state index contributed by atoms with van der Waals surface area (Å²) < 4.78 is 17.8. The summed E-state index contributed by atoms with van der Waals surface area (Å²) in [6, 6.07) is 1.97. The molecule has 10 nitrogen and oxygen atoms in total. The van der Waals surface area contributed by atoms with Gasteiger partial charge in [0.15, 0.2) is 0 Å². The average molecular weight is 431 g/mol. The Kier molecular flexibility index (Phi) is 6.67. The second-order valence-corrected chi connectivity index (χ2v) is 8.16. The molecule has 0 saturated carbocycles. The molecule has 0 N–H and O–H groups in total. The lowest BCUT2D eigenvalue weighted by Crippen LogP contribution is -2.56. The van der Waals surface area contributed by atoms with Crippen LogP contribution in [-0.2, 0) is 20.9 Å².